The summed E-state index contributed by atoms with van der Waals surface area (Å²) in [6.45, 7) is 24.3. The topological polar surface area (TPSA) is 44.2 Å². The van der Waals surface area contributed by atoms with E-state index < -0.39 is 0 Å². The molecule has 6 heteroatoms. The van der Waals surface area contributed by atoms with Crippen LogP contribution in [0.15, 0.2) is 148 Å². The van der Waals surface area contributed by atoms with Gasteiger partial charge < -0.3 is 18.4 Å². The summed E-state index contributed by atoms with van der Waals surface area (Å²) in [6, 6.07) is 31.7. The summed E-state index contributed by atoms with van der Waals surface area (Å²) in [5.74, 6) is 2.25. The van der Waals surface area contributed by atoms with E-state index in [0.717, 1.165) is 72.1 Å². The minimum Gasteiger partial charge on any atom is -0.363 e. The maximum atomic E-state index is 6.89. The van der Waals surface area contributed by atoms with Gasteiger partial charge in [0.15, 0.2) is 0 Å². The van der Waals surface area contributed by atoms with Gasteiger partial charge in [0.2, 0.25) is 0 Å². The van der Waals surface area contributed by atoms with Crippen LogP contribution in [-0.4, -0.2) is 70.4 Å². The molecule has 3 aromatic carbocycles. The third-order valence-corrected chi connectivity index (χ3v) is 14.8. The van der Waals surface area contributed by atoms with Crippen molar-refractivity contribution in [2.24, 2.45) is 23.7 Å². The summed E-state index contributed by atoms with van der Waals surface area (Å²) < 4.78 is 15.8. The molecule has 2 aromatic heterocycles. The highest BCUT2D eigenvalue weighted by atomic mass is 16.5. The van der Waals surface area contributed by atoms with E-state index in [0.29, 0.717) is 49.0 Å². The molecule has 6 fully saturated rings. The summed E-state index contributed by atoms with van der Waals surface area (Å²) in [7, 11) is 0. The van der Waals surface area contributed by atoms with Crippen LogP contribution in [0.4, 0.5) is 0 Å². The summed E-state index contributed by atoms with van der Waals surface area (Å²) in [4.78, 5) is 9.47. The minimum absolute atomic E-state index is 0.0658. The van der Waals surface area contributed by atoms with Crippen LogP contribution in [0.1, 0.15) is 60.1 Å². The molecule has 4 bridgehead atoms. The monoisotopic (exact) mass is 772 g/mol. The van der Waals surface area contributed by atoms with Crippen molar-refractivity contribution in [2.75, 3.05) is 39.4 Å². The number of hydrogen-bond acceptors (Lipinski definition) is 4. The number of benzene rings is 3. The van der Waals surface area contributed by atoms with Gasteiger partial charge in [-0.2, -0.15) is 0 Å². The van der Waals surface area contributed by atoms with Crippen LogP contribution in [0.5, 0.6) is 0 Å². The smallest absolute Gasteiger partial charge is 0.135 e. The number of para-hydroxylation sites is 2. The molecule has 6 saturated heterocycles. The quantitative estimate of drug-likeness (QED) is 0.0740. The van der Waals surface area contributed by atoms with Crippen LogP contribution in [0.2, 0.25) is 0 Å². The normalized spacial score (nSPS) is 29.9. The summed E-state index contributed by atoms with van der Waals surface area (Å²) in [5, 5.41) is 2.37. The van der Waals surface area contributed by atoms with E-state index in [4.69, 9.17) is 19.4 Å². The second-order valence-corrected chi connectivity index (χ2v) is 17.8. The summed E-state index contributed by atoms with van der Waals surface area (Å²) >= 11 is 0. The average molecular weight is 773 g/mol. The standard InChI is InChI=1S/C52H60N4O2/c1-5-28-57-51(45-20-24-53-47-18-11-9-16-43(45)47)49-31-41-22-26-55(49,35-39(41)7-3)33-37-14-13-15-38(30-37)34-56-27-23-42(40(8-4)36-56)32-50(56)52(58-29-6-2)46-21-25-54-48-19-12-10-17-44(46)48/h5-21,24-25,30,39-42,49-52H,1-4,22-23,26-29,31-36H2/q+2/t39-,40-,41-,42+,49-,50-,51+,52+,55?,56?/m0/s1. The lowest BCUT2D eigenvalue weighted by Crippen LogP contribution is -2.68. The summed E-state index contributed by atoms with van der Waals surface area (Å²) in [6.07, 6.45) is 16.8. The van der Waals surface area contributed by atoms with Crippen molar-refractivity contribution in [3.63, 3.8) is 0 Å². The first kappa shape index (κ1) is 38.8. The lowest BCUT2D eigenvalue weighted by Gasteiger charge is -2.59. The van der Waals surface area contributed by atoms with Crippen molar-refractivity contribution in [2.45, 2.75) is 63.1 Å². The van der Waals surface area contributed by atoms with Crippen LogP contribution in [0, 0.1) is 23.7 Å². The Balaban J connectivity index is 1.07. The van der Waals surface area contributed by atoms with Gasteiger partial charge in [0.05, 0.1) is 50.4 Å². The Bertz CT molecular complexity index is 2140. The Morgan fingerprint density at radius 3 is 1.52 bits per heavy atom. The molecule has 8 heterocycles. The molecule has 6 aliphatic rings. The van der Waals surface area contributed by atoms with E-state index in [-0.39, 0.29) is 12.2 Å². The SMILES string of the molecule is C=CCO[C@H](c1ccnc2ccccc12)[C@@H]1C[C@H]2CC[N+]1(Cc1cccc(C[N+]34CC[C@@H](C[C@H]3[C@H](OCC=C)c3ccnc5ccccc35)[C@@H](C=C)C4)c1)C[C@@H]2C=C. The third kappa shape index (κ3) is 7.08. The number of fused-ring (bicyclic) bond motifs is 8. The molecule has 0 aliphatic carbocycles. The molecule has 5 aromatic rings. The minimum atomic E-state index is -0.0658. The largest absolute Gasteiger partial charge is 0.363 e. The predicted octanol–water partition coefficient (Wildman–Crippen LogP) is 10.5. The number of rotatable bonds is 16. The Kier molecular flexibility index (Phi) is 11.0. The van der Waals surface area contributed by atoms with Crippen molar-refractivity contribution < 1.29 is 18.4 Å². The molecule has 6 aliphatic heterocycles. The molecule has 2 unspecified atom stereocenters. The maximum Gasteiger partial charge on any atom is 0.135 e. The van der Waals surface area contributed by atoms with E-state index in [1.807, 2.05) is 24.5 Å². The fraction of sp³-hybridized carbons (Fsp3) is 0.385. The number of nitrogens with zero attached hydrogens (tertiary/aromatic N) is 4. The van der Waals surface area contributed by atoms with Crippen molar-refractivity contribution in [3.8, 4) is 0 Å². The highest BCUT2D eigenvalue weighted by Crippen LogP contribution is 2.51. The van der Waals surface area contributed by atoms with Gasteiger partial charge in [-0.15, -0.1) is 26.3 Å². The van der Waals surface area contributed by atoms with Crippen molar-refractivity contribution in [1.82, 2.24) is 9.97 Å². The van der Waals surface area contributed by atoms with Crippen molar-refractivity contribution >= 4 is 21.8 Å². The molecule has 298 valence electrons. The molecule has 0 N–H and O–H groups in total. The van der Waals surface area contributed by atoms with Gasteiger partial charge in [-0.05, 0) is 53.3 Å². The number of pyridine rings is 2. The second kappa shape index (κ2) is 16.5. The first-order chi connectivity index (χ1) is 28.5. The molecule has 0 saturated carbocycles. The maximum absolute atomic E-state index is 6.89. The Morgan fingerprint density at radius 2 is 1.07 bits per heavy atom. The van der Waals surface area contributed by atoms with Crippen LogP contribution < -0.4 is 0 Å². The van der Waals surface area contributed by atoms with Gasteiger partial charge in [0.25, 0.3) is 0 Å². The van der Waals surface area contributed by atoms with E-state index >= 15 is 0 Å². The van der Waals surface area contributed by atoms with Crippen LogP contribution >= 0.6 is 0 Å². The molecular formula is C52H60N4O2+2. The molecule has 10 atom stereocenters. The number of piperidine rings is 6. The fourth-order valence-corrected chi connectivity index (χ4v) is 12.2. The number of hydrogen-bond donors (Lipinski definition) is 0. The molecule has 0 radical (unpaired) electrons. The van der Waals surface area contributed by atoms with E-state index in [9.17, 15) is 0 Å². The number of quaternary nitrogens is 2. The molecule has 0 amide bonds. The number of aromatic nitrogens is 2. The molecule has 0 spiro atoms. The fourth-order valence-electron chi connectivity index (χ4n) is 12.2. The third-order valence-electron chi connectivity index (χ3n) is 14.8. The first-order valence-corrected chi connectivity index (χ1v) is 21.6. The van der Waals surface area contributed by atoms with Crippen LogP contribution in [-0.2, 0) is 22.6 Å². The van der Waals surface area contributed by atoms with Gasteiger partial charge >= 0.3 is 0 Å². The van der Waals surface area contributed by atoms with E-state index in [1.165, 1.54) is 45.9 Å². The number of ether oxygens (including phenoxy) is 2. The van der Waals surface area contributed by atoms with Crippen molar-refractivity contribution in [3.05, 3.63) is 170 Å². The van der Waals surface area contributed by atoms with Crippen LogP contribution in [0.3, 0.4) is 0 Å². The first-order valence-electron chi connectivity index (χ1n) is 21.6. The second-order valence-electron chi connectivity index (χ2n) is 17.8. The molecule has 11 rings (SSSR count). The molecule has 6 nitrogen and oxygen atoms in total. The zero-order chi connectivity index (χ0) is 39.7. The Morgan fingerprint density at radius 1 is 0.603 bits per heavy atom. The Labute approximate surface area is 345 Å². The van der Waals surface area contributed by atoms with E-state index in [2.05, 4.69) is 123 Å². The average Bonchev–Trinajstić information content (AvgIpc) is 3.27. The van der Waals surface area contributed by atoms with Gasteiger partial charge in [0.1, 0.15) is 37.4 Å². The Hall–Kier alpha value is -4.72. The highest BCUT2D eigenvalue weighted by molar-refractivity contribution is 5.83. The highest BCUT2D eigenvalue weighted by Gasteiger charge is 2.56. The van der Waals surface area contributed by atoms with Gasteiger partial charge in [-0.3, -0.25) is 9.97 Å². The predicted molar refractivity (Wildman–Crippen MR) is 236 cm³/mol. The lowest BCUT2D eigenvalue weighted by atomic mass is 9.70. The zero-order valence-corrected chi connectivity index (χ0v) is 34.1. The van der Waals surface area contributed by atoms with Gasteiger partial charge in [0, 0.05) is 71.8 Å². The van der Waals surface area contributed by atoms with Crippen molar-refractivity contribution in [1.29, 1.82) is 0 Å². The zero-order valence-electron chi connectivity index (χ0n) is 34.1. The van der Waals surface area contributed by atoms with Gasteiger partial charge in [-0.1, -0.05) is 78.9 Å². The van der Waals surface area contributed by atoms with E-state index in [1.54, 1.807) is 0 Å². The van der Waals surface area contributed by atoms with Gasteiger partial charge in [-0.25, -0.2) is 0 Å². The molecule has 58 heavy (non-hydrogen) atoms. The summed E-state index contributed by atoms with van der Waals surface area (Å²) in [5.41, 5.74) is 7.35. The lowest BCUT2D eigenvalue weighted by molar-refractivity contribution is -0.985. The van der Waals surface area contributed by atoms with Crippen LogP contribution in [0.25, 0.3) is 21.8 Å². The molecular weight excluding hydrogens is 713 g/mol.